The van der Waals surface area contributed by atoms with Crippen LogP contribution < -0.4 is 0 Å². The van der Waals surface area contributed by atoms with Crippen LogP contribution in [0.2, 0.25) is 0 Å². The van der Waals surface area contributed by atoms with Crippen LogP contribution in [-0.2, 0) is 4.74 Å². The normalized spacial score (nSPS) is 17.1. The van der Waals surface area contributed by atoms with Gasteiger partial charge in [-0.25, -0.2) is 0 Å². The summed E-state index contributed by atoms with van der Waals surface area (Å²) >= 11 is 6.26. The van der Waals surface area contributed by atoms with Crippen LogP contribution in [-0.4, -0.2) is 19.1 Å². The summed E-state index contributed by atoms with van der Waals surface area (Å²) in [5, 5.41) is 0.270. The van der Waals surface area contributed by atoms with Gasteiger partial charge in [0.1, 0.15) is 0 Å². The summed E-state index contributed by atoms with van der Waals surface area (Å²) in [6.45, 7) is 9.60. The Balaban J connectivity index is 3.63. The molecule has 0 saturated carbocycles. The molecule has 0 N–H and O–H groups in total. The quantitative estimate of drug-likeness (QED) is 0.624. The van der Waals surface area contributed by atoms with E-state index in [1.807, 2.05) is 0 Å². The molecule has 2 unspecified atom stereocenters. The minimum absolute atomic E-state index is 0.217. The molecule has 2 atom stereocenters. The average molecular weight is 207 g/mol. The van der Waals surface area contributed by atoms with Gasteiger partial charge >= 0.3 is 0 Å². The summed E-state index contributed by atoms with van der Waals surface area (Å²) in [5.41, 5.74) is 0.217. The maximum Gasteiger partial charge on any atom is 0.0487 e. The van der Waals surface area contributed by atoms with Gasteiger partial charge in [0.25, 0.3) is 0 Å². The Bertz CT molecular complexity index is 129. The Labute approximate surface area is 87.8 Å². The van der Waals surface area contributed by atoms with Crippen molar-refractivity contribution in [2.24, 2.45) is 11.3 Å². The van der Waals surface area contributed by atoms with Gasteiger partial charge in [0.05, 0.1) is 0 Å². The van der Waals surface area contributed by atoms with Crippen LogP contribution in [0.1, 0.15) is 40.5 Å². The maximum absolute atomic E-state index is 6.26. The number of hydrogen-bond donors (Lipinski definition) is 0. The summed E-state index contributed by atoms with van der Waals surface area (Å²) in [7, 11) is 1.75. The lowest BCUT2D eigenvalue weighted by atomic mass is 9.87. The van der Waals surface area contributed by atoms with E-state index in [0.29, 0.717) is 5.92 Å². The maximum atomic E-state index is 6.26. The molecule has 0 aliphatic heterocycles. The van der Waals surface area contributed by atoms with E-state index in [1.165, 1.54) is 0 Å². The van der Waals surface area contributed by atoms with Gasteiger partial charge in [-0.1, -0.05) is 27.7 Å². The summed E-state index contributed by atoms with van der Waals surface area (Å²) < 4.78 is 5.08. The molecule has 1 nitrogen and oxygen atoms in total. The van der Waals surface area contributed by atoms with Gasteiger partial charge in [-0.2, -0.15) is 0 Å². The number of hydrogen-bond acceptors (Lipinski definition) is 1. The second-order valence-electron chi connectivity index (χ2n) is 4.97. The predicted molar refractivity (Wildman–Crippen MR) is 59.4 cm³/mol. The van der Waals surface area contributed by atoms with Crippen molar-refractivity contribution in [2.45, 2.75) is 45.9 Å². The summed E-state index contributed by atoms with van der Waals surface area (Å²) in [5.74, 6) is 0.619. The number of rotatable bonds is 5. The molecule has 0 radical (unpaired) electrons. The smallest absolute Gasteiger partial charge is 0.0487 e. The molecule has 0 heterocycles. The highest BCUT2D eigenvalue weighted by atomic mass is 35.5. The summed E-state index contributed by atoms with van der Waals surface area (Å²) in [6, 6.07) is 0. The zero-order valence-electron chi connectivity index (χ0n) is 9.56. The van der Waals surface area contributed by atoms with E-state index >= 15 is 0 Å². The van der Waals surface area contributed by atoms with Crippen molar-refractivity contribution in [3.8, 4) is 0 Å². The largest absolute Gasteiger partial charge is 0.384 e. The zero-order chi connectivity index (χ0) is 10.5. The summed E-state index contributed by atoms with van der Waals surface area (Å²) in [4.78, 5) is 0. The van der Waals surface area contributed by atoms with Crippen LogP contribution in [0.15, 0.2) is 0 Å². The van der Waals surface area contributed by atoms with E-state index in [2.05, 4.69) is 27.7 Å². The number of methoxy groups -OCH3 is 1. The Morgan fingerprint density at radius 2 is 1.77 bits per heavy atom. The first kappa shape index (κ1) is 13.2. The highest BCUT2D eigenvalue weighted by Crippen LogP contribution is 2.29. The van der Waals surface area contributed by atoms with Crippen molar-refractivity contribution in [1.82, 2.24) is 0 Å². The molecule has 0 aliphatic carbocycles. The second kappa shape index (κ2) is 5.87. The fourth-order valence-electron chi connectivity index (χ4n) is 1.23. The molecule has 0 fully saturated rings. The predicted octanol–water partition coefficient (Wildman–Crippen LogP) is 3.70. The van der Waals surface area contributed by atoms with Crippen molar-refractivity contribution in [2.75, 3.05) is 13.7 Å². The van der Waals surface area contributed by atoms with Crippen LogP contribution >= 0.6 is 11.6 Å². The first-order valence-corrected chi connectivity index (χ1v) is 5.44. The third-order valence-electron chi connectivity index (χ3n) is 2.30. The lowest BCUT2D eigenvalue weighted by Crippen LogP contribution is -2.21. The van der Waals surface area contributed by atoms with Crippen molar-refractivity contribution in [3.63, 3.8) is 0 Å². The number of ether oxygens (including phenoxy) is 1. The second-order valence-corrected chi connectivity index (χ2v) is 5.50. The Morgan fingerprint density at radius 1 is 1.23 bits per heavy atom. The average Bonchev–Trinajstić information content (AvgIpc) is 1.99. The van der Waals surface area contributed by atoms with Gasteiger partial charge < -0.3 is 4.74 Å². The molecule has 0 aromatic carbocycles. The van der Waals surface area contributed by atoms with E-state index in [4.69, 9.17) is 16.3 Å². The van der Waals surface area contributed by atoms with Gasteiger partial charge in [0.15, 0.2) is 0 Å². The Kier molecular flexibility index (Phi) is 5.98. The fourth-order valence-corrected chi connectivity index (χ4v) is 1.36. The highest BCUT2D eigenvalue weighted by molar-refractivity contribution is 6.21. The van der Waals surface area contributed by atoms with Crippen molar-refractivity contribution in [3.05, 3.63) is 0 Å². The van der Waals surface area contributed by atoms with E-state index < -0.39 is 0 Å². The minimum atomic E-state index is 0.217. The van der Waals surface area contributed by atoms with Gasteiger partial charge in [-0.05, 0) is 24.2 Å². The van der Waals surface area contributed by atoms with E-state index in [9.17, 15) is 0 Å². The molecular weight excluding hydrogens is 184 g/mol. The van der Waals surface area contributed by atoms with Crippen LogP contribution in [0.4, 0.5) is 0 Å². The minimum Gasteiger partial charge on any atom is -0.384 e. The molecule has 0 saturated heterocycles. The first-order chi connectivity index (χ1) is 5.88. The van der Waals surface area contributed by atoms with E-state index in [1.54, 1.807) is 7.11 Å². The first-order valence-electron chi connectivity index (χ1n) is 5.01. The molecule has 2 heteroatoms. The third kappa shape index (κ3) is 6.34. The van der Waals surface area contributed by atoms with Gasteiger partial charge in [0, 0.05) is 19.1 Å². The molecule has 80 valence electrons. The third-order valence-corrected chi connectivity index (χ3v) is 3.18. The Hall–Kier alpha value is 0.250. The topological polar surface area (TPSA) is 9.23 Å². The molecule has 0 rings (SSSR count). The van der Waals surface area contributed by atoms with E-state index in [-0.39, 0.29) is 10.8 Å². The number of alkyl halides is 1. The molecule has 13 heavy (non-hydrogen) atoms. The van der Waals surface area contributed by atoms with Crippen LogP contribution in [0, 0.1) is 11.3 Å². The zero-order valence-corrected chi connectivity index (χ0v) is 10.3. The van der Waals surface area contributed by atoms with Crippen molar-refractivity contribution in [1.29, 1.82) is 0 Å². The lowest BCUT2D eigenvalue weighted by molar-refractivity contribution is 0.152. The van der Waals surface area contributed by atoms with Gasteiger partial charge in [-0.3, -0.25) is 0 Å². The van der Waals surface area contributed by atoms with Crippen LogP contribution in [0.3, 0.4) is 0 Å². The molecule has 0 aromatic rings. The molecular formula is C11H23ClO. The molecule has 0 aromatic heterocycles. The lowest BCUT2D eigenvalue weighted by Gasteiger charge is -2.26. The van der Waals surface area contributed by atoms with E-state index in [0.717, 1.165) is 19.4 Å². The molecule has 0 amide bonds. The SMILES string of the molecule is COCC(C)CCC(Cl)C(C)(C)C. The monoisotopic (exact) mass is 206 g/mol. The fraction of sp³-hybridized carbons (Fsp3) is 1.00. The van der Waals surface area contributed by atoms with Crippen LogP contribution in [0.25, 0.3) is 0 Å². The van der Waals surface area contributed by atoms with Crippen molar-refractivity contribution >= 4 is 11.6 Å². The van der Waals surface area contributed by atoms with Gasteiger partial charge in [-0.15, -0.1) is 11.6 Å². The summed E-state index contributed by atoms with van der Waals surface area (Å²) in [6.07, 6.45) is 2.23. The number of halogens is 1. The Morgan fingerprint density at radius 3 is 2.15 bits per heavy atom. The van der Waals surface area contributed by atoms with Crippen molar-refractivity contribution < 1.29 is 4.74 Å². The van der Waals surface area contributed by atoms with Crippen LogP contribution in [0.5, 0.6) is 0 Å². The molecule has 0 spiro atoms. The highest BCUT2D eigenvalue weighted by Gasteiger charge is 2.22. The molecule has 0 bridgehead atoms. The standard InChI is InChI=1S/C11H23ClO/c1-9(8-13-5)6-7-10(12)11(2,3)4/h9-10H,6-8H2,1-5H3. The van der Waals surface area contributed by atoms with Gasteiger partial charge in [0.2, 0.25) is 0 Å². The molecule has 0 aliphatic rings.